The molecule has 5 nitrogen and oxygen atoms in total. The standard InChI is InChI=1S/C14H15N3O2/c1-14(2)18-11-6-5-9(8-12(11)19-14)17-13-10(15)4-3-7-16-13/h3-8H,15H2,1-2H3,(H,16,17). The van der Waals surface area contributed by atoms with E-state index in [0.717, 1.165) is 11.4 Å². The number of nitrogens with zero attached hydrogens (tertiary/aromatic N) is 1. The number of nitrogens with one attached hydrogen (secondary N) is 1. The molecule has 1 aliphatic heterocycles. The summed E-state index contributed by atoms with van der Waals surface area (Å²) in [5, 5.41) is 3.16. The summed E-state index contributed by atoms with van der Waals surface area (Å²) in [6, 6.07) is 9.23. The lowest BCUT2D eigenvalue weighted by Crippen LogP contribution is -2.29. The maximum atomic E-state index is 5.84. The van der Waals surface area contributed by atoms with Crippen LogP contribution in [0.4, 0.5) is 17.2 Å². The third kappa shape index (κ3) is 2.27. The molecule has 1 aromatic carbocycles. The van der Waals surface area contributed by atoms with Crippen LogP contribution in [0.5, 0.6) is 11.5 Å². The Labute approximate surface area is 111 Å². The van der Waals surface area contributed by atoms with Crippen LogP contribution >= 0.6 is 0 Å². The van der Waals surface area contributed by atoms with Crippen LogP contribution in [0.15, 0.2) is 36.5 Å². The maximum Gasteiger partial charge on any atom is 0.246 e. The SMILES string of the molecule is CC1(C)Oc2ccc(Nc3ncccc3N)cc2O1. The largest absolute Gasteiger partial charge is 0.449 e. The number of pyridine rings is 1. The number of hydrogen-bond donors (Lipinski definition) is 2. The number of ether oxygens (including phenoxy) is 2. The fourth-order valence-corrected chi connectivity index (χ4v) is 1.96. The number of nitrogens with two attached hydrogens (primary N) is 1. The van der Waals surface area contributed by atoms with Gasteiger partial charge in [-0.05, 0) is 24.3 Å². The van der Waals surface area contributed by atoms with Crippen molar-refractivity contribution in [3.63, 3.8) is 0 Å². The van der Waals surface area contributed by atoms with Crippen molar-refractivity contribution in [3.8, 4) is 11.5 Å². The molecule has 5 heteroatoms. The molecule has 0 saturated carbocycles. The minimum atomic E-state index is -0.620. The predicted molar refractivity (Wildman–Crippen MR) is 73.7 cm³/mol. The zero-order valence-electron chi connectivity index (χ0n) is 10.8. The first-order valence-electron chi connectivity index (χ1n) is 6.03. The first kappa shape index (κ1) is 11.6. The molecular weight excluding hydrogens is 242 g/mol. The van der Waals surface area contributed by atoms with E-state index in [-0.39, 0.29) is 0 Å². The molecule has 0 bridgehead atoms. The number of rotatable bonds is 2. The summed E-state index contributed by atoms with van der Waals surface area (Å²) in [5.74, 6) is 1.46. The number of hydrogen-bond acceptors (Lipinski definition) is 5. The van der Waals surface area contributed by atoms with Crippen LogP contribution in [0.3, 0.4) is 0 Å². The molecule has 98 valence electrons. The van der Waals surface area contributed by atoms with Gasteiger partial charge in [0.2, 0.25) is 5.79 Å². The van der Waals surface area contributed by atoms with E-state index in [4.69, 9.17) is 15.2 Å². The molecule has 3 N–H and O–H groups in total. The number of aromatic nitrogens is 1. The zero-order valence-corrected chi connectivity index (χ0v) is 10.8. The van der Waals surface area contributed by atoms with Gasteiger partial charge in [-0.1, -0.05) is 0 Å². The van der Waals surface area contributed by atoms with Crippen LogP contribution in [0.2, 0.25) is 0 Å². The number of nitrogen functional groups attached to an aromatic ring is 1. The minimum absolute atomic E-state index is 0.598. The third-order valence-electron chi connectivity index (χ3n) is 2.76. The molecule has 2 heterocycles. The fourth-order valence-electron chi connectivity index (χ4n) is 1.96. The van der Waals surface area contributed by atoms with Crippen LogP contribution in [-0.4, -0.2) is 10.8 Å². The molecule has 3 rings (SSSR count). The normalized spacial score (nSPS) is 15.3. The molecule has 0 radical (unpaired) electrons. The Morgan fingerprint density at radius 3 is 2.74 bits per heavy atom. The Bertz CT molecular complexity index is 626. The lowest BCUT2D eigenvalue weighted by Gasteiger charge is -2.16. The monoisotopic (exact) mass is 257 g/mol. The quantitative estimate of drug-likeness (QED) is 0.865. The second-order valence-corrected chi connectivity index (χ2v) is 4.83. The number of fused-ring (bicyclic) bond motifs is 1. The smallest absolute Gasteiger partial charge is 0.246 e. The van der Waals surface area contributed by atoms with Gasteiger partial charge in [0.05, 0.1) is 5.69 Å². The Morgan fingerprint density at radius 1 is 1.16 bits per heavy atom. The average molecular weight is 257 g/mol. The fraction of sp³-hybridized carbons (Fsp3) is 0.214. The van der Waals surface area contributed by atoms with Gasteiger partial charge in [0.1, 0.15) is 0 Å². The van der Waals surface area contributed by atoms with Crippen molar-refractivity contribution in [2.75, 3.05) is 11.1 Å². The molecule has 0 amide bonds. The topological polar surface area (TPSA) is 69.4 Å². The van der Waals surface area contributed by atoms with E-state index in [1.165, 1.54) is 0 Å². The molecule has 2 aromatic rings. The third-order valence-corrected chi connectivity index (χ3v) is 2.76. The van der Waals surface area contributed by atoms with Crippen LogP contribution in [-0.2, 0) is 0 Å². The second kappa shape index (κ2) is 4.05. The predicted octanol–water partition coefficient (Wildman–Crippen LogP) is 2.91. The first-order chi connectivity index (χ1) is 9.03. The summed E-state index contributed by atoms with van der Waals surface area (Å²) in [7, 11) is 0. The van der Waals surface area contributed by atoms with E-state index in [0.29, 0.717) is 17.3 Å². The lowest BCUT2D eigenvalue weighted by atomic mass is 10.2. The molecule has 0 aliphatic carbocycles. The van der Waals surface area contributed by atoms with Gasteiger partial charge >= 0.3 is 0 Å². The minimum Gasteiger partial charge on any atom is -0.449 e. The van der Waals surface area contributed by atoms with Gasteiger partial charge in [-0.25, -0.2) is 4.98 Å². The average Bonchev–Trinajstić information content (AvgIpc) is 2.65. The van der Waals surface area contributed by atoms with E-state index >= 15 is 0 Å². The van der Waals surface area contributed by atoms with Gasteiger partial charge in [0.15, 0.2) is 17.3 Å². The first-order valence-corrected chi connectivity index (χ1v) is 6.03. The molecule has 1 aromatic heterocycles. The molecule has 0 fully saturated rings. The van der Waals surface area contributed by atoms with Crippen molar-refractivity contribution in [2.24, 2.45) is 0 Å². The Hall–Kier alpha value is -2.43. The van der Waals surface area contributed by atoms with Gasteiger partial charge in [-0.3, -0.25) is 0 Å². The van der Waals surface area contributed by atoms with Crippen molar-refractivity contribution in [2.45, 2.75) is 19.6 Å². The highest BCUT2D eigenvalue weighted by molar-refractivity contribution is 5.70. The Kier molecular flexibility index (Phi) is 2.48. The highest BCUT2D eigenvalue weighted by atomic mass is 16.7. The van der Waals surface area contributed by atoms with E-state index in [1.54, 1.807) is 18.3 Å². The maximum absolute atomic E-state index is 5.84. The highest BCUT2D eigenvalue weighted by Gasteiger charge is 2.31. The van der Waals surface area contributed by atoms with E-state index in [2.05, 4.69) is 10.3 Å². The van der Waals surface area contributed by atoms with Crippen LogP contribution in [0.1, 0.15) is 13.8 Å². The van der Waals surface area contributed by atoms with Gasteiger partial charge in [-0.15, -0.1) is 0 Å². The van der Waals surface area contributed by atoms with Gasteiger partial charge in [-0.2, -0.15) is 0 Å². The van der Waals surface area contributed by atoms with Gasteiger partial charge in [0, 0.05) is 31.8 Å². The summed E-state index contributed by atoms with van der Waals surface area (Å²) in [5.41, 5.74) is 7.29. The summed E-state index contributed by atoms with van der Waals surface area (Å²) in [4.78, 5) is 4.19. The molecule has 1 aliphatic rings. The van der Waals surface area contributed by atoms with Crippen molar-refractivity contribution >= 4 is 17.2 Å². The van der Waals surface area contributed by atoms with Crippen LogP contribution in [0.25, 0.3) is 0 Å². The second-order valence-electron chi connectivity index (χ2n) is 4.83. The van der Waals surface area contributed by atoms with E-state index < -0.39 is 5.79 Å². The number of anilines is 3. The number of benzene rings is 1. The van der Waals surface area contributed by atoms with Crippen LogP contribution < -0.4 is 20.5 Å². The zero-order chi connectivity index (χ0) is 13.5. The molecule has 0 atom stereocenters. The van der Waals surface area contributed by atoms with Crippen molar-refractivity contribution in [1.82, 2.24) is 4.98 Å². The molecule has 0 saturated heterocycles. The van der Waals surface area contributed by atoms with E-state index in [9.17, 15) is 0 Å². The van der Waals surface area contributed by atoms with Crippen molar-refractivity contribution in [3.05, 3.63) is 36.5 Å². The summed E-state index contributed by atoms with van der Waals surface area (Å²) >= 11 is 0. The van der Waals surface area contributed by atoms with Crippen molar-refractivity contribution < 1.29 is 9.47 Å². The summed E-state index contributed by atoms with van der Waals surface area (Å²) < 4.78 is 11.3. The summed E-state index contributed by atoms with van der Waals surface area (Å²) in [6.07, 6.45) is 1.69. The van der Waals surface area contributed by atoms with Gasteiger partial charge in [0.25, 0.3) is 0 Å². The van der Waals surface area contributed by atoms with Gasteiger partial charge < -0.3 is 20.5 Å². The van der Waals surface area contributed by atoms with Crippen LogP contribution in [0, 0.1) is 0 Å². The summed E-state index contributed by atoms with van der Waals surface area (Å²) in [6.45, 7) is 3.74. The molecular formula is C14H15N3O2. The molecule has 0 spiro atoms. The Balaban J connectivity index is 1.87. The highest BCUT2D eigenvalue weighted by Crippen LogP contribution is 2.41. The molecule has 0 unspecified atom stereocenters. The lowest BCUT2D eigenvalue weighted by molar-refractivity contribution is -0.0431. The molecule has 19 heavy (non-hydrogen) atoms. The Morgan fingerprint density at radius 2 is 1.95 bits per heavy atom. The van der Waals surface area contributed by atoms with E-state index in [1.807, 2.05) is 32.0 Å². The van der Waals surface area contributed by atoms with Crippen molar-refractivity contribution in [1.29, 1.82) is 0 Å².